The fourth-order valence-corrected chi connectivity index (χ4v) is 4.47. The topological polar surface area (TPSA) is 58.6 Å². The molecule has 1 N–H and O–H groups in total. The maximum atomic E-state index is 12.7. The van der Waals surface area contributed by atoms with Crippen LogP contribution in [0, 0.1) is 5.92 Å². The number of amides is 2. The molecule has 0 unspecified atom stereocenters. The zero-order valence-electron chi connectivity index (χ0n) is 17.3. The average Bonchev–Trinajstić information content (AvgIpc) is 3.37. The molecule has 0 radical (unpaired) electrons. The van der Waals surface area contributed by atoms with Gasteiger partial charge in [0.25, 0.3) is 5.91 Å². The van der Waals surface area contributed by atoms with Crippen molar-refractivity contribution in [3.8, 4) is 5.75 Å². The Balaban J connectivity index is 1.27. The second-order valence-electron chi connectivity index (χ2n) is 7.63. The second kappa shape index (κ2) is 10.3. The summed E-state index contributed by atoms with van der Waals surface area (Å²) in [6.07, 6.45) is 1.39. The lowest BCUT2D eigenvalue weighted by molar-refractivity contribution is -0.126. The SMILES string of the molecule is O=C(NCc1ccccc1COc1ccccc1)C1CCN(C(=O)c2cccs2)CC1. The molecule has 5 nitrogen and oxygen atoms in total. The second-order valence-corrected chi connectivity index (χ2v) is 8.58. The summed E-state index contributed by atoms with van der Waals surface area (Å²) < 4.78 is 5.87. The van der Waals surface area contributed by atoms with Gasteiger partial charge in [0.05, 0.1) is 4.88 Å². The number of thiophene rings is 1. The molecular formula is C25H26N2O3S. The maximum absolute atomic E-state index is 12.7. The van der Waals surface area contributed by atoms with Crippen LogP contribution in [0.2, 0.25) is 0 Å². The first-order chi connectivity index (χ1) is 15.2. The van der Waals surface area contributed by atoms with Crippen LogP contribution >= 0.6 is 11.3 Å². The lowest BCUT2D eigenvalue weighted by atomic mass is 9.95. The summed E-state index contributed by atoms with van der Waals surface area (Å²) in [5, 5.41) is 5.00. The standard InChI is InChI=1S/C25H26N2O3S/c28-24(19-12-14-27(15-13-19)25(29)23-11-6-16-31-23)26-17-20-7-4-5-8-21(20)18-30-22-9-2-1-3-10-22/h1-11,16,19H,12-15,17-18H2,(H,26,28). The average molecular weight is 435 g/mol. The van der Waals surface area contributed by atoms with Crippen molar-refractivity contribution in [1.29, 1.82) is 0 Å². The molecule has 1 fully saturated rings. The lowest BCUT2D eigenvalue weighted by Crippen LogP contribution is -2.42. The first kappa shape index (κ1) is 21.1. The van der Waals surface area contributed by atoms with Gasteiger partial charge < -0.3 is 15.0 Å². The highest BCUT2D eigenvalue weighted by molar-refractivity contribution is 7.12. The summed E-state index contributed by atoms with van der Waals surface area (Å²) in [5.74, 6) is 0.897. The molecule has 2 heterocycles. The molecule has 3 aromatic rings. The third-order valence-corrected chi connectivity index (χ3v) is 6.45. The van der Waals surface area contributed by atoms with Crippen molar-refractivity contribution in [3.05, 3.63) is 88.1 Å². The van der Waals surface area contributed by atoms with E-state index in [9.17, 15) is 9.59 Å². The Kier molecular flexibility index (Phi) is 6.99. The minimum atomic E-state index is -0.0554. The van der Waals surface area contributed by atoms with Gasteiger partial charge in [-0.15, -0.1) is 11.3 Å². The Bertz CT molecular complexity index is 997. The molecule has 160 valence electrons. The predicted octanol–water partition coefficient (Wildman–Crippen LogP) is 4.50. The van der Waals surface area contributed by atoms with Crippen LogP contribution in [0.25, 0.3) is 0 Å². The van der Waals surface area contributed by atoms with Gasteiger partial charge in [0.2, 0.25) is 5.91 Å². The van der Waals surface area contributed by atoms with E-state index in [1.807, 2.05) is 77.0 Å². The smallest absolute Gasteiger partial charge is 0.263 e. The number of nitrogens with one attached hydrogen (secondary N) is 1. The van der Waals surface area contributed by atoms with Gasteiger partial charge in [-0.05, 0) is 47.5 Å². The normalized spacial score (nSPS) is 14.3. The van der Waals surface area contributed by atoms with Gasteiger partial charge in [-0.2, -0.15) is 0 Å². The maximum Gasteiger partial charge on any atom is 0.263 e. The van der Waals surface area contributed by atoms with E-state index >= 15 is 0 Å². The van der Waals surface area contributed by atoms with Gasteiger partial charge in [-0.3, -0.25) is 9.59 Å². The summed E-state index contributed by atoms with van der Waals surface area (Å²) >= 11 is 1.46. The lowest BCUT2D eigenvalue weighted by Gasteiger charge is -2.31. The molecule has 0 aliphatic carbocycles. The van der Waals surface area contributed by atoms with Crippen LogP contribution in [0.1, 0.15) is 33.6 Å². The van der Waals surface area contributed by atoms with Gasteiger partial charge in [0.1, 0.15) is 12.4 Å². The molecule has 0 saturated carbocycles. The molecule has 1 saturated heterocycles. The summed E-state index contributed by atoms with van der Waals surface area (Å²) in [7, 11) is 0. The van der Waals surface area contributed by atoms with Crippen molar-refractivity contribution in [2.45, 2.75) is 26.0 Å². The van der Waals surface area contributed by atoms with E-state index in [-0.39, 0.29) is 17.7 Å². The molecule has 2 amide bonds. The van der Waals surface area contributed by atoms with Crippen molar-refractivity contribution in [2.24, 2.45) is 5.92 Å². The number of rotatable bonds is 7. The van der Waals surface area contributed by atoms with Crippen LogP contribution in [0.15, 0.2) is 72.1 Å². The predicted molar refractivity (Wildman–Crippen MR) is 122 cm³/mol. The summed E-state index contributed by atoms with van der Waals surface area (Å²) in [4.78, 5) is 27.8. The van der Waals surface area contributed by atoms with Crippen LogP contribution < -0.4 is 10.1 Å². The van der Waals surface area contributed by atoms with Crippen molar-refractivity contribution in [2.75, 3.05) is 13.1 Å². The Hall–Kier alpha value is -3.12. The molecule has 0 bridgehead atoms. The molecular weight excluding hydrogens is 408 g/mol. The highest BCUT2D eigenvalue weighted by atomic mass is 32.1. The number of piperidine rings is 1. The molecule has 31 heavy (non-hydrogen) atoms. The fourth-order valence-electron chi connectivity index (χ4n) is 3.78. The quantitative estimate of drug-likeness (QED) is 0.596. The van der Waals surface area contributed by atoms with Crippen LogP contribution in [-0.2, 0) is 17.9 Å². The molecule has 1 aliphatic heterocycles. The Morgan fingerprint density at radius 2 is 1.65 bits per heavy atom. The van der Waals surface area contributed by atoms with E-state index in [2.05, 4.69) is 5.32 Å². The minimum Gasteiger partial charge on any atom is -0.489 e. The van der Waals surface area contributed by atoms with Gasteiger partial charge >= 0.3 is 0 Å². The Labute approximate surface area is 186 Å². The third-order valence-electron chi connectivity index (χ3n) is 5.59. The molecule has 1 aromatic heterocycles. The van der Waals surface area contributed by atoms with Crippen LogP contribution in [0.5, 0.6) is 5.75 Å². The molecule has 2 aromatic carbocycles. The van der Waals surface area contributed by atoms with Gasteiger partial charge in [-0.1, -0.05) is 48.5 Å². The number of ether oxygens (including phenoxy) is 1. The van der Waals surface area contributed by atoms with Crippen LogP contribution in [0.4, 0.5) is 0 Å². The van der Waals surface area contributed by atoms with Gasteiger partial charge in [0, 0.05) is 25.6 Å². The van der Waals surface area contributed by atoms with E-state index in [0.29, 0.717) is 39.1 Å². The van der Waals surface area contributed by atoms with Crippen molar-refractivity contribution in [1.82, 2.24) is 10.2 Å². The minimum absolute atomic E-state index is 0.0554. The van der Waals surface area contributed by atoms with Crippen molar-refractivity contribution >= 4 is 23.2 Å². The molecule has 6 heteroatoms. The van der Waals surface area contributed by atoms with Gasteiger partial charge in [0.15, 0.2) is 0 Å². The van der Waals surface area contributed by atoms with E-state index in [4.69, 9.17) is 4.74 Å². The number of benzene rings is 2. The monoisotopic (exact) mass is 434 g/mol. The zero-order chi connectivity index (χ0) is 21.5. The van der Waals surface area contributed by atoms with Crippen molar-refractivity contribution < 1.29 is 14.3 Å². The van der Waals surface area contributed by atoms with Gasteiger partial charge in [-0.25, -0.2) is 0 Å². The number of carbonyl (C=O) groups is 2. The first-order valence-electron chi connectivity index (χ1n) is 10.6. The van der Waals surface area contributed by atoms with E-state index in [0.717, 1.165) is 21.8 Å². The van der Waals surface area contributed by atoms with E-state index < -0.39 is 0 Å². The highest BCUT2D eigenvalue weighted by Gasteiger charge is 2.28. The number of carbonyl (C=O) groups excluding carboxylic acids is 2. The highest BCUT2D eigenvalue weighted by Crippen LogP contribution is 2.21. The summed E-state index contributed by atoms with van der Waals surface area (Å²) in [6.45, 7) is 2.17. The first-order valence-corrected chi connectivity index (χ1v) is 11.4. The fraction of sp³-hybridized carbons (Fsp3) is 0.280. The Morgan fingerprint density at radius 1 is 0.935 bits per heavy atom. The molecule has 4 rings (SSSR count). The molecule has 1 aliphatic rings. The summed E-state index contributed by atoms with van der Waals surface area (Å²) in [6, 6.07) is 21.5. The number of para-hydroxylation sites is 1. The third kappa shape index (κ3) is 5.52. The molecule has 0 spiro atoms. The number of likely N-dealkylation sites (tertiary alicyclic amines) is 1. The van der Waals surface area contributed by atoms with Crippen LogP contribution in [0.3, 0.4) is 0 Å². The summed E-state index contributed by atoms with van der Waals surface area (Å²) in [5.41, 5.74) is 2.11. The zero-order valence-corrected chi connectivity index (χ0v) is 18.1. The largest absolute Gasteiger partial charge is 0.489 e. The van der Waals surface area contributed by atoms with E-state index in [1.54, 1.807) is 0 Å². The van der Waals surface area contributed by atoms with Crippen molar-refractivity contribution in [3.63, 3.8) is 0 Å². The number of nitrogens with zero attached hydrogens (tertiary/aromatic N) is 1. The number of hydrogen-bond donors (Lipinski definition) is 1. The Morgan fingerprint density at radius 3 is 2.35 bits per heavy atom. The number of hydrogen-bond acceptors (Lipinski definition) is 4. The molecule has 0 atom stereocenters. The van der Waals surface area contributed by atoms with Crippen LogP contribution in [-0.4, -0.2) is 29.8 Å². The van der Waals surface area contributed by atoms with E-state index in [1.165, 1.54) is 11.3 Å².